The molecule has 0 radical (unpaired) electrons. The van der Waals surface area contributed by atoms with E-state index in [2.05, 4.69) is 0 Å². The number of fused-ring (bicyclic) bond motifs is 7. The second-order valence-corrected chi connectivity index (χ2v) is 10.3. The molecular weight excluding hydrogens is 444 g/mol. The molecule has 3 atom stereocenters. The Morgan fingerprint density at radius 2 is 1.86 bits per heavy atom. The number of likely N-dealkylation sites (tertiary alicyclic amines) is 1. The Bertz CT molecular complexity index is 1450. The van der Waals surface area contributed by atoms with E-state index in [0.717, 1.165) is 59.9 Å². The number of amides is 1. The Labute approximate surface area is 203 Å². The van der Waals surface area contributed by atoms with E-state index in [1.54, 1.807) is 19.1 Å². The fraction of sp³-hybridized carbons (Fsp3) is 0.464. The minimum atomic E-state index is -0.674. The van der Waals surface area contributed by atoms with E-state index in [1.807, 2.05) is 34.6 Å². The Morgan fingerprint density at radius 1 is 1.06 bits per heavy atom. The van der Waals surface area contributed by atoms with Crippen LogP contribution in [-0.4, -0.2) is 34.6 Å². The molecule has 1 saturated heterocycles. The summed E-state index contributed by atoms with van der Waals surface area (Å²) in [7, 11) is 0. The van der Waals surface area contributed by atoms with E-state index in [0.29, 0.717) is 31.0 Å². The van der Waals surface area contributed by atoms with Crippen LogP contribution in [0.2, 0.25) is 0 Å². The van der Waals surface area contributed by atoms with Gasteiger partial charge in [-0.3, -0.25) is 9.59 Å². The molecule has 2 bridgehead atoms. The van der Waals surface area contributed by atoms with Crippen LogP contribution < -0.4 is 15.9 Å². The van der Waals surface area contributed by atoms with Crippen LogP contribution in [0.5, 0.6) is 5.75 Å². The Balaban J connectivity index is 1.24. The summed E-state index contributed by atoms with van der Waals surface area (Å²) in [6, 6.07) is 9.26. The van der Waals surface area contributed by atoms with Gasteiger partial charge in [0.2, 0.25) is 0 Å². The summed E-state index contributed by atoms with van der Waals surface area (Å²) in [5.74, 6) is 0.931. The maximum absolute atomic E-state index is 13.4. The molecule has 2 aromatic heterocycles. The zero-order chi connectivity index (χ0) is 24.3. The number of hydrogen-bond acceptors (Lipinski definition) is 5. The van der Waals surface area contributed by atoms with Crippen LogP contribution in [0.25, 0.3) is 11.0 Å². The molecule has 3 aromatic rings. The molecule has 1 aromatic carbocycles. The molecule has 6 rings (SSSR count). The van der Waals surface area contributed by atoms with Gasteiger partial charge in [0.05, 0.1) is 0 Å². The van der Waals surface area contributed by atoms with Crippen molar-refractivity contribution in [1.29, 1.82) is 0 Å². The molecule has 0 N–H and O–H groups in total. The fourth-order valence-corrected chi connectivity index (χ4v) is 6.33. The van der Waals surface area contributed by atoms with Gasteiger partial charge in [0.25, 0.3) is 11.5 Å². The van der Waals surface area contributed by atoms with E-state index < -0.39 is 6.10 Å². The average molecular weight is 475 g/mol. The molecule has 1 aliphatic carbocycles. The van der Waals surface area contributed by atoms with Crippen molar-refractivity contribution in [3.63, 3.8) is 0 Å². The van der Waals surface area contributed by atoms with Crippen molar-refractivity contribution in [1.82, 2.24) is 9.47 Å². The van der Waals surface area contributed by atoms with Crippen molar-refractivity contribution in [3.05, 3.63) is 73.5 Å². The van der Waals surface area contributed by atoms with E-state index in [4.69, 9.17) is 9.15 Å². The molecule has 0 saturated carbocycles. The van der Waals surface area contributed by atoms with Crippen molar-refractivity contribution < 1.29 is 13.9 Å². The predicted octanol–water partition coefficient (Wildman–Crippen LogP) is 3.56. The molecule has 7 nitrogen and oxygen atoms in total. The van der Waals surface area contributed by atoms with Gasteiger partial charge in [-0.15, -0.1) is 0 Å². The average Bonchev–Trinajstić information content (AvgIpc) is 2.86. The Hall–Kier alpha value is -3.35. The summed E-state index contributed by atoms with van der Waals surface area (Å²) in [4.78, 5) is 40.2. The Morgan fingerprint density at radius 3 is 2.69 bits per heavy atom. The third-order valence-electron chi connectivity index (χ3n) is 8.03. The molecule has 7 heteroatoms. The van der Waals surface area contributed by atoms with Gasteiger partial charge < -0.3 is 18.6 Å². The third kappa shape index (κ3) is 3.68. The second kappa shape index (κ2) is 8.40. The van der Waals surface area contributed by atoms with Gasteiger partial charge in [0.15, 0.2) is 6.10 Å². The number of pyridine rings is 1. The number of nitrogens with zero attached hydrogens (tertiary/aromatic N) is 2. The summed E-state index contributed by atoms with van der Waals surface area (Å²) in [5.41, 5.74) is 4.01. The first kappa shape index (κ1) is 22.1. The van der Waals surface area contributed by atoms with Gasteiger partial charge in [-0.05, 0) is 75.6 Å². The predicted molar refractivity (Wildman–Crippen MR) is 132 cm³/mol. The molecule has 3 aliphatic rings. The molecule has 4 heterocycles. The van der Waals surface area contributed by atoms with Crippen LogP contribution in [0.15, 0.2) is 44.3 Å². The summed E-state index contributed by atoms with van der Waals surface area (Å²) >= 11 is 0. The third-order valence-corrected chi connectivity index (χ3v) is 8.03. The van der Waals surface area contributed by atoms with Crippen LogP contribution in [-0.2, 0) is 24.2 Å². The maximum Gasteiger partial charge on any atom is 0.339 e. The first-order valence-corrected chi connectivity index (χ1v) is 12.6. The van der Waals surface area contributed by atoms with Crippen LogP contribution in [0.1, 0.15) is 54.5 Å². The number of ether oxygens (including phenoxy) is 1. The SMILES string of the molecule is Cc1c(O[C@H](C)C(=O)N2C[C@H]3C[C@@H](C2)c2cccc(=O)n2C3)ccc2c3c(c(=O)oc12)CCCC3. The lowest BCUT2D eigenvalue weighted by atomic mass is 9.83. The second-order valence-electron chi connectivity index (χ2n) is 10.3. The number of piperidine rings is 1. The highest BCUT2D eigenvalue weighted by Crippen LogP contribution is 2.36. The molecule has 2 aliphatic heterocycles. The standard InChI is InChI=1S/C28H30N2O5/c1-16-24(11-10-21-20-6-3-4-7-22(20)28(33)35-26(16)21)34-17(2)27(32)29-13-18-12-19(15-29)23-8-5-9-25(31)30(23)14-18/h5,8-11,17-19H,3-4,6-7,12-15H2,1-2H3/t17-,18-,19+/m1/s1. The van der Waals surface area contributed by atoms with E-state index >= 15 is 0 Å². The molecule has 1 fully saturated rings. The molecule has 182 valence electrons. The van der Waals surface area contributed by atoms with Crippen molar-refractivity contribution in [2.24, 2.45) is 5.92 Å². The monoisotopic (exact) mass is 474 g/mol. The van der Waals surface area contributed by atoms with Crippen molar-refractivity contribution in [3.8, 4) is 5.75 Å². The summed E-state index contributed by atoms with van der Waals surface area (Å²) < 4.78 is 13.7. The fourth-order valence-electron chi connectivity index (χ4n) is 6.33. The topological polar surface area (TPSA) is 81.8 Å². The largest absolute Gasteiger partial charge is 0.480 e. The van der Waals surface area contributed by atoms with Crippen molar-refractivity contribution in [2.75, 3.05) is 13.1 Å². The van der Waals surface area contributed by atoms with Crippen LogP contribution >= 0.6 is 0 Å². The zero-order valence-electron chi connectivity index (χ0n) is 20.2. The lowest BCUT2D eigenvalue weighted by Crippen LogP contribution is -2.52. The summed E-state index contributed by atoms with van der Waals surface area (Å²) in [5, 5.41) is 0.973. The summed E-state index contributed by atoms with van der Waals surface area (Å²) in [6.45, 7) is 5.52. The number of carbonyl (C=O) groups is 1. The van der Waals surface area contributed by atoms with Crippen LogP contribution in [0, 0.1) is 12.8 Å². The number of benzene rings is 1. The number of aryl methyl sites for hydroxylation is 2. The first-order valence-electron chi connectivity index (χ1n) is 12.6. The van der Waals surface area contributed by atoms with E-state index in [9.17, 15) is 14.4 Å². The van der Waals surface area contributed by atoms with Gasteiger partial charge in [-0.2, -0.15) is 0 Å². The number of rotatable bonds is 3. The van der Waals surface area contributed by atoms with Gasteiger partial charge in [0, 0.05) is 53.8 Å². The lowest BCUT2D eigenvalue weighted by molar-refractivity contribution is -0.140. The molecule has 1 amide bonds. The van der Waals surface area contributed by atoms with Crippen molar-refractivity contribution in [2.45, 2.75) is 64.5 Å². The minimum absolute atomic E-state index is 0.0355. The van der Waals surface area contributed by atoms with Gasteiger partial charge in [-0.25, -0.2) is 4.79 Å². The molecule has 0 unspecified atom stereocenters. The molecule has 35 heavy (non-hydrogen) atoms. The van der Waals surface area contributed by atoms with Gasteiger partial charge >= 0.3 is 5.63 Å². The zero-order valence-corrected chi connectivity index (χ0v) is 20.2. The van der Waals surface area contributed by atoms with Crippen LogP contribution in [0.3, 0.4) is 0 Å². The maximum atomic E-state index is 13.4. The smallest absolute Gasteiger partial charge is 0.339 e. The van der Waals surface area contributed by atoms with Gasteiger partial charge in [0.1, 0.15) is 11.3 Å². The summed E-state index contributed by atoms with van der Waals surface area (Å²) in [6.07, 6.45) is 4.07. The van der Waals surface area contributed by atoms with E-state index in [-0.39, 0.29) is 28.9 Å². The Kier molecular flexibility index (Phi) is 5.31. The number of carbonyl (C=O) groups excluding carboxylic acids is 1. The quantitative estimate of drug-likeness (QED) is 0.542. The highest BCUT2D eigenvalue weighted by molar-refractivity contribution is 5.86. The van der Waals surface area contributed by atoms with Crippen LogP contribution in [0.4, 0.5) is 0 Å². The number of aromatic nitrogens is 1. The van der Waals surface area contributed by atoms with E-state index in [1.165, 1.54) is 0 Å². The van der Waals surface area contributed by atoms with Crippen molar-refractivity contribution >= 4 is 16.9 Å². The first-order chi connectivity index (χ1) is 16.9. The van der Waals surface area contributed by atoms with Gasteiger partial charge in [-0.1, -0.05) is 6.07 Å². The highest BCUT2D eigenvalue weighted by atomic mass is 16.5. The number of hydrogen-bond donors (Lipinski definition) is 0. The normalized spacial score (nSPS) is 21.8. The lowest BCUT2D eigenvalue weighted by Gasteiger charge is -2.43. The molecule has 0 spiro atoms. The molecular formula is C28H30N2O5. The highest BCUT2D eigenvalue weighted by Gasteiger charge is 2.37. The minimum Gasteiger partial charge on any atom is -0.480 e.